The van der Waals surface area contributed by atoms with Crippen LogP contribution in [-0.2, 0) is 17.6 Å². The van der Waals surface area contributed by atoms with E-state index in [1.54, 1.807) is 12.1 Å². The molecule has 0 spiro atoms. The first kappa shape index (κ1) is 19.1. The predicted octanol–water partition coefficient (Wildman–Crippen LogP) is 3.64. The highest BCUT2D eigenvalue weighted by Gasteiger charge is 2.27. The number of hydrogen-bond donors (Lipinski definition) is 1. The van der Waals surface area contributed by atoms with E-state index in [1.165, 1.54) is 6.07 Å². The number of aryl methyl sites for hydroxylation is 1. The fourth-order valence-electron chi connectivity index (χ4n) is 3.91. The van der Waals surface area contributed by atoms with Gasteiger partial charge in [0.15, 0.2) is 5.82 Å². The van der Waals surface area contributed by atoms with E-state index in [1.807, 2.05) is 36.1 Å². The van der Waals surface area contributed by atoms with Crippen LogP contribution in [0.3, 0.4) is 0 Å². The van der Waals surface area contributed by atoms with Crippen molar-refractivity contribution in [3.63, 3.8) is 0 Å². The van der Waals surface area contributed by atoms with E-state index in [9.17, 15) is 14.0 Å². The van der Waals surface area contributed by atoms with Gasteiger partial charge in [0.25, 0.3) is 0 Å². The molecule has 1 aromatic heterocycles. The smallest absolute Gasteiger partial charge is 0.336 e. The van der Waals surface area contributed by atoms with Crippen LogP contribution in [-0.4, -0.2) is 27.5 Å². The van der Waals surface area contributed by atoms with Crippen molar-refractivity contribution in [3.05, 3.63) is 75.5 Å². The number of hydrogen-bond acceptors (Lipinski definition) is 4. The van der Waals surface area contributed by atoms with Gasteiger partial charge < -0.3 is 4.90 Å². The van der Waals surface area contributed by atoms with E-state index < -0.39 is 5.76 Å². The maximum Gasteiger partial charge on any atom is 0.439 e. The lowest BCUT2D eigenvalue weighted by Gasteiger charge is -2.35. The zero-order valence-electron chi connectivity index (χ0n) is 16.2. The molecule has 1 N–H and O–H groups in total. The summed E-state index contributed by atoms with van der Waals surface area (Å²) in [5.41, 5.74) is 3.91. The molecule has 150 valence electrons. The number of fused-ring (bicyclic) bond motifs is 1. The fourth-order valence-corrected chi connectivity index (χ4v) is 3.91. The van der Waals surface area contributed by atoms with Crippen LogP contribution >= 0.6 is 0 Å². The number of amides is 1. The number of halogens is 1. The second kappa shape index (κ2) is 8.03. The van der Waals surface area contributed by atoms with E-state index in [4.69, 9.17) is 0 Å². The normalized spacial score (nSPS) is 15.9. The molecule has 2 aromatic carbocycles. The Kier molecular flexibility index (Phi) is 5.29. The highest BCUT2D eigenvalue weighted by molar-refractivity contribution is 5.77. The molecule has 29 heavy (non-hydrogen) atoms. The minimum atomic E-state index is -0.581. The van der Waals surface area contributed by atoms with Gasteiger partial charge >= 0.3 is 5.76 Å². The summed E-state index contributed by atoms with van der Waals surface area (Å²) in [5, 5.41) is 3.67. The van der Waals surface area contributed by atoms with Gasteiger partial charge in [0.2, 0.25) is 5.91 Å². The Morgan fingerprint density at radius 2 is 2.07 bits per heavy atom. The quantitative estimate of drug-likeness (QED) is 0.715. The summed E-state index contributed by atoms with van der Waals surface area (Å²) >= 11 is 0. The predicted molar refractivity (Wildman–Crippen MR) is 106 cm³/mol. The molecule has 1 aliphatic rings. The molecular weight excluding hydrogens is 373 g/mol. The van der Waals surface area contributed by atoms with E-state index in [-0.39, 0.29) is 17.8 Å². The number of rotatable bonds is 5. The van der Waals surface area contributed by atoms with E-state index in [0.717, 1.165) is 35.1 Å². The number of H-pyrrole nitrogens is 1. The molecule has 1 atom stereocenters. The molecule has 0 aliphatic carbocycles. The Labute approximate surface area is 167 Å². The van der Waals surface area contributed by atoms with Crippen LogP contribution in [0.4, 0.5) is 4.39 Å². The van der Waals surface area contributed by atoms with Crippen molar-refractivity contribution in [1.29, 1.82) is 0 Å². The summed E-state index contributed by atoms with van der Waals surface area (Å²) in [5.74, 6) is -0.279. The zero-order valence-corrected chi connectivity index (χ0v) is 16.2. The van der Waals surface area contributed by atoms with Crippen LogP contribution in [0, 0.1) is 5.82 Å². The Hall–Kier alpha value is -3.22. The molecule has 3 aromatic rings. The van der Waals surface area contributed by atoms with Gasteiger partial charge in [-0.25, -0.2) is 9.18 Å². The summed E-state index contributed by atoms with van der Waals surface area (Å²) < 4.78 is 17.9. The second-order valence-corrected chi connectivity index (χ2v) is 7.35. The number of aromatic nitrogens is 2. The third-order valence-corrected chi connectivity index (χ3v) is 5.49. The molecule has 0 saturated heterocycles. The van der Waals surface area contributed by atoms with Crippen molar-refractivity contribution in [2.75, 3.05) is 6.54 Å². The van der Waals surface area contributed by atoms with Gasteiger partial charge in [-0.3, -0.25) is 14.3 Å². The van der Waals surface area contributed by atoms with Gasteiger partial charge in [-0.2, -0.15) is 0 Å². The summed E-state index contributed by atoms with van der Waals surface area (Å²) in [6.07, 6.45) is 2.69. The number of carbonyl (C=O) groups excluding carboxylic acids is 1. The van der Waals surface area contributed by atoms with Gasteiger partial charge in [0.1, 0.15) is 5.82 Å². The fraction of sp³-hybridized carbons (Fsp3) is 0.318. The van der Waals surface area contributed by atoms with Crippen molar-refractivity contribution in [1.82, 2.24) is 15.0 Å². The maximum atomic E-state index is 13.4. The molecule has 0 bridgehead atoms. The molecule has 0 radical (unpaired) electrons. The summed E-state index contributed by atoms with van der Waals surface area (Å²) in [4.78, 5) is 28.2. The van der Waals surface area contributed by atoms with Crippen molar-refractivity contribution < 1.29 is 13.7 Å². The summed E-state index contributed by atoms with van der Waals surface area (Å²) in [7, 11) is 0. The standard InChI is InChI=1S/C22H22FN3O3/c1-14-19-10-9-18(23)13-17(19)11-12-26(14)20(27)4-2-3-15-5-7-16(8-6-15)21-24-22(28)29-25-21/h5-10,13-14H,2-4,11-12H2,1H3,(H,24,25,28). The number of nitrogens with one attached hydrogen (secondary N) is 1. The van der Waals surface area contributed by atoms with Gasteiger partial charge in [-0.15, -0.1) is 0 Å². The van der Waals surface area contributed by atoms with Gasteiger partial charge in [-0.1, -0.05) is 35.5 Å². The van der Waals surface area contributed by atoms with E-state index in [2.05, 4.69) is 14.7 Å². The second-order valence-electron chi connectivity index (χ2n) is 7.35. The minimum Gasteiger partial charge on any atom is -0.336 e. The highest BCUT2D eigenvalue weighted by Crippen LogP contribution is 2.30. The van der Waals surface area contributed by atoms with Gasteiger partial charge in [-0.05, 0) is 55.0 Å². The minimum absolute atomic E-state index is 0.0317. The average molecular weight is 395 g/mol. The number of carbonyl (C=O) groups is 1. The van der Waals surface area contributed by atoms with Crippen molar-refractivity contribution in [2.24, 2.45) is 0 Å². The van der Waals surface area contributed by atoms with Crippen LogP contribution in [0.1, 0.15) is 42.5 Å². The van der Waals surface area contributed by atoms with Crippen LogP contribution in [0.15, 0.2) is 51.8 Å². The third-order valence-electron chi connectivity index (χ3n) is 5.49. The number of aromatic amines is 1. The molecular formula is C22H22FN3O3. The molecule has 7 heteroatoms. The molecule has 0 saturated carbocycles. The SMILES string of the molecule is CC1c2ccc(F)cc2CCN1C(=O)CCCc1ccc(-c2noc(=O)[nH]2)cc1. The van der Waals surface area contributed by atoms with Crippen LogP contribution < -0.4 is 5.76 Å². The van der Waals surface area contributed by atoms with Gasteiger partial charge in [0, 0.05) is 18.5 Å². The largest absolute Gasteiger partial charge is 0.439 e. The Morgan fingerprint density at radius 3 is 2.79 bits per heavy atom. The van der Waals surface area contributed by atoms with E-state index in [0.29, 0.717) is 25.2 Å². The summed E-state index contributed by atoms with van der Waals surface area (Å²) in [6, 6.07) is 12.5. The maximum absolute atomic E-state index is 13.4. The number of nitrogens with zero attached hydrogens (tertiary/aromatic N) is 2. The lowest BCUT2D eigenvalue weighted by atomic mass is 9.93. The first-order valence-corrected chi connectivity index (χ1v) is 9.74. The topological polar surface area (TPSA) is 79.2 Å². The molecule has 1 aliphatic heterocycles. The van der Waals surface area contributed by atoms with Crippen molar-refractivity contribution in [2.45, 2.75) is 38.6 Å². The van der Waals surface area contributed by atoms with E-state index >= 15 is 0 Å². The molecule has 4 rings (SSSR count). The zero-order chi connectivity index (χ0) is 20.4. The molecule has 6 nitrogen and oxygen atoms in total. The lowest BCUT2D eigenvalue weighted by Crippen LogP contribution is -2.38. The first-order valence-electron chi connectivity index (χ1n) is 9.74. The van der Waals surface area contributed by atoms with Crippen LogP contribution in [0.2, 0.25) is 0 Å². The first-order chi connectivity index (χ1) is 14.0. The van der Waals surface area contributed by atoms with Crippen molar-refractivity contribution >= 4 is 5.91 Å². The third kappa shape index (κ3) is 4.13. The van der Waals surface area contributed by atoms with Gasteiger partial charge in [0.05, 0.1) is 6.04 Å². The molecule has 1 unspecified atom stereocenters. The van der Waals surface area contributed by atoms with Crippen molar-refractivity contribution in [3.8, 4) is 11.4 Å². The Morgan fingerprint density at radius 1 is 1.28 bits per heavy atom. The Balaban J connectivity index is 1.32. The van der Waals surface area contributed by atoms with Crippen LogP contribution in [0.25, 0.3) is 11.4 Å². The Bertz CT molecular complexity index is 1070. The molecule has 2 heterocycles. The molecule has 1 amide bonds. The lowest BCUT2D eigenvalue weighted by molar-refractivity contribution is -0.133. The monoisotopic (exact) mass is 395 g/mol. The average Bonchev–Trinajstić information content (AvgIpc) is 3.15. The van der Waals surface area contributed by atoms with Crippen LogP contribution in [0.5, 0.6) is 0 Å². The number of benzene rings is 2. The highest BCUT2D eigenvalue weighted by atomic mass is 19.1. The molecule has 0 fully saturated rings. The summed E-state index contributed by atoms with van der Waals surface area (Å²) in [6.45, 7) is 2.63.